The molecule has 0 spiro atoms. The molecule has 118 valence electrons. The Kier molecular flexibility index (Phi) is 4.85. The molecular formula is C17H24N4O. The third-order valence-corrected chi connectivity index (χ3v) is 4.36. The summed E-state index contributed by atoms with van der Waals surface area (Å²) in [6.07, 6.45) is 3.13. The maximum absolute atomic E-state index is 6.03. The molecule has 2 N–H and O–H groups in total. The molecule has 1 aromatic heterocycles. The molecule has 1 fully saturated rings. The van der Waals surface area contributed by atoms with Crippen molar-refractivity contribution in [3.05, 3.63) is 47.6 Å². The van der Waals surface area contributed by atoms with Crippen LogP contribution < -0.4 is 5.73 Å². The molecule has 2 unspecified atom stereocenters. The molecule has 2 aromatic rings. The van der Waals surface area contributed by atoms with Crippen LogP contribution in [0.3, 0.4) is 0 Å². The summed E-state index contributed by atoms with van der Waals surface area (Å²) < 4.78 is 5.40. The molecule has 0 radical (unpaired) electrons. The van der Waals surface area contributed by atoms with E-state index in [1.165, 1.54) is 18.4 Å². The molecule has 1 aliphatic rings. The first-order valence-corrected chi connectivity index (χ1v) is 8.04. The average Bonchev–Trinajstić information content (AvgIpc) is 2.95. The molecule has 0 bridgehead atoms. The smallest absolute Gasteiger partial charge is 0.240 e. The topological polar surface area (TPSA) is 68.2 Å². The zero-order valence-electron chi connectivity index (χ0n) is 13.1. The first kappa shape index (κ1) is 15.2. The molecule has 5 heteroatoms. The number of aromatic nitrogens is 2. The van der Waals surface area contributed by atoms with E-state index in [1.807, 2.05) is 18.2 Å². The van der Waals surface area contributed by atoms with Crippen molar-refractivity contribution in [2.75, 3.05) is 13.1 Å². The Morgan fingerprint density at radius 3 is 2.95 bits per heavy atom. The maximum atomic E-state index is 6.03. The SMILES string of the molecule is CC(N)C1CCCN(Cc2nc(Cc3ccccc3)no2)C1. The first-order valence-electron chi connectivity index (χ1n) is 8.04. The van der Waals surface area contributed by atoms with Crippen LogP contribution in [0.4, 0.5) is 0 Å². The zero-order valence-corrected chi connectivity index (χ0v) is 13.1. The quantitative estimate of drug-likeness (QED) is 0.917. The summed E-state index contributed by atoms with van der Waals surface area (Å²) in [6.45, 7) is 4.93. The second-order valence-corrected chi connectivity index (χ2v) is 6.26. The highest BCUT2D eigenvalue weighted by atomic mass is 16.5. The largest absolute Gasteiger partial charge is 0.338 e. The normalized spacial score (nSPS) is 20.9. The molecule has 5 nitrogen and oxygen atoms in total. The molecule has 1 saturated heterocycles. The van der Waals surface area contributed by atoms with E-state index < -0.39 is 0 Å². The molecular weight excluding hydrogens is 276 g/mol. The van der Waals surface area contributed by atoms with Crippen LogP contribution in [0.2, 0.25) is 0 Å². The van der Waals surface area contributed by atoms with Gasteiger partial charge in [0, 0.05) is 19.0 Å². The van der Waals surface area contributed by atoms with E-state index in [4.69, 9.17) is 10.3 Å². The fraction of sp³-hybridized carbons (Fsp3) is 0.529. The minimum Gasteiger partial charge on any atom is -0.338 e. The molecule has 0 saturated carbocycles. The number of piperidine rings is 1. The highest BCUT2D eigenvalue weighted by Crippen LogP contribution is 2.20. The van der Waals surface area contributed by atoms with Gasteiger partial charge in [0.2, 0.25) is 5.89 Å². The molecule has 0 aliphatic carbocycles. The first-order chi connectivity index (χ1) is 10.7. The number of hydrogen-bond donors (Lipinski definition) is 1. The number of hydrogen-bond acceptors (Lipinski definition) is 5. The summed E-state index contributed by atoms with van der Waals surface area (Å²) in [4.78, 5) is 6.89. The van der Waals surface area contributed by atoms with Crippen LogP contribution in [0.25, 0.3) is 0 Å². The molecule has 3 rings (SSSR count). The Balaban J connectivity index is 1.57. The second kappa shape index (κ2) is 7.03. The molecule has 0 amide bonds. The summed E-state index contributed by atoms with van der Waals surface area (Å²) in [5, 5.41) is 4.09. The summed E-state index contributed by atoms with van der Waals surface area (Å²) in [5.41, 5.74) is 7.23. The van der Waals surface area contributed by atoms with E-state index in [2.05, 4.69) is 34.1 Å². The van der Waals surface area contributed by atoms with Crippen molar-refractivity contribution in [3.8, 4) is 0 Å². The van der Waals surface area contributed by atoms with Gasteiger partial charge in [-0.15, -0.1) is 0 Å². The lowest BCUT2D eigenvalue weighted by Gasteiger charge is -2.33. The second-order valence-electron chi connectivity index (χ2n) is 6.26. The zero-order chi connectivity index (χ0) is 15.4. The Morgan fingerprint density at radius 2 is 2.18 bits per heavy atom. The lowest BCUT2D eigenvalue weighted by molar-refractivity contribution is 0.139. The number of likely N-dealkylation sites (tertiary alicyclic amines) is 1. The van der Waals surface area contributed by atoms with Gasteiger partial charge in [0.1, 0.15) is 0 Å². The fourth-order valence-corrected chi connectivity index (χ4v) is 3.06. The van der Waals surface area contributed by atoms with Gasteiger partial charge in [0.05, 0.1) is 6.54 Å². The van der Waals surface area contributed by atoms with E-state index in [0.29, 0.717) is 18.2 Å². The van der Waals surface area contributed by atoms with Crippen LogP contribution in [0.5, 0.6) is 0 Å². The Bertz CT molecular complexity index is 581. The van der Waals surface area contributed by atoms with Gasteiger partial charge in [-0.2, -0.15) is 4.98 Å². The van der Waals surface area contributed by atoms with Gasteiger partial charge in [-0.05, 0) is 37.8 Å². The number of nitrogens with zero attached hydrogens (tertiary/aromatic N) is 3. The Morgan fingerprint density at radius 1 is 1.36 bits per heavy atom. The number of benzene rings is 1. The minimum absolute atomic E-state index is 0.249. The maximum Gasteiger partial charge on any atom is 0.240 e. The van der Waals surface area contributed by atoms with E-state index in [-0.39, 0.29) is 6.04 Å². The van der Waals surface area contributed by atoms with E-state index >= 15 is 0 Å². The van der Waals surface area contributed by atoms with Crippen molar-refractivity contribution in [2.45, 2.75) is 38.8 Å². The van der Waals surface area contributed by atoms with Gasteiger partial charge >= 0.3 is 0 Å². The van der Waals surface area contributed by atoms with Gasteiger partial charge in [-0.1, -0.05) is 35.5 Å². The molecule has 2 atom stereocenters. The van der Waals surface area contributed by atoms with Gasteiger partial charge in [-0.3, -0.25) is 4.90 Å². The van der Waals surface area contributed by atoms with Crippen LogP contribution in [-0.4, -0.2) is 34.2 Å². The summed E-state index contributed by atoms with van der Waals surface area (Å²) >= 11 is 0. The molecule has 1 aromatic carbocycles. The van der Waals surface area contributed by atoms with Crippen LogP contribution in [-0.2, 0) is 13.0 Å². The predicted molar refractivity (Wildman–Crippen MR) is 85.2 cm³/mol. The third-order valence-electron chi connectivity index (χ3n) is 4.36. The predicted octanol–water partition coefficient (Wildman–Crippen LogP) is 2.22. The van der Waals surface area contributed by atoms with Crippen molar-refractivity contribution in [1.82, 2.24) is 15.0 Å². The van der Waals surface area contributed by atoms with Gasteiger partial charge in [0.25, 0.3) is 0 Å². The van der Waals surface area contributed by atoms with Crippen LogP contribution in [0.15, 0.2) is 34.9 Å². The van der Waals surface area contributed by atoms with Crippen molar-refractivity contribution in [2.24, 2.45) is 11.7 Å². The monoisotopic (exact) mass is 300 g/mol. The van der Waals surface area contributed by atoms with Gasteiger partial charge in [0.15, 0.2) is 5.82 Å². The van der Waals surface area contributed by atoms with Gasteiger partial charge < -0.3 is 10.3 Å². The van der Waals surface area contributed by atoms with Crippen molar-refractivity contribution in [1.29, 1.82) is 0 Å². The number of nitrogens with two attached hydrogens (primary N) is 1. The molecule has 22 heavy (non-hydrogen) atoms. The van der Waals surface area contributed by atoms with Crippen molar-refractivity contribution >= 4 is 0 Å². The van der Waals surface area contributed by atoms with Crippen LogP contribution in [0, 0.1) is 5.92 Å². The standard InChI is InChI=1S/C17H24N4O/c1-13(18)15-8-5-9-21(11-15)12-17-19-16(20-22-17)10-14-6-3-2-4-7-14/h2-4,6-7,13,15H,5,8-12,18H2,1H3. The van der Waals surface area contributed by atoms with Crippen molar-refractivity contribution < 1.29 is 4.52 Å². The van der Waals surface area contributed by atoms with Gasteiger partial charge in [-0.25, -0.2) is 0 Å². The Hall–Kier alpha value is -1.72. The van der Waals surface area contributed by atoms with Crippen LogP contribution >= 0.6 is 0 Å². The lowest BCUT2D eigenvalue weighted by atomic mass is 9.92. The number of rotatable bonds is 5. The van der Waals surface area contributed by atoms with E-state index in [1.54, 1.807) is 0 Å². The highest BCUT2D eigenvalue weighted by Gasteiger charge is 2.24. The molecule has 2 heterocycles. The van der Waals surface area contributed by atoms with E-state index in [9.17, 15) is 0 Å². The summed E-state index contributed by atoms with van der Waals surface area (Å²) in [6, 6.07) is 10.5. The highest BCUT2D eigenvalue weighted by molar-refractivity contribution is 5.18. The average molecular weight is 300 g/mol. The Labute approximate surface area is 131 Å². The van der Waals surface area contributed by atoms with E-state index in [0.717, 1.165) is 25.5 Å². The summed E-state index contributed by atoms with van der Waals surface area (Å²) in [5.74, 6) is 2.03. The lowest BCUT2D eigenvalue weighted by Crippen LogP contribution is -2.41. The molecule has 1 aliphatic heterocycles. The third kappa shape index (κ3) is 3.93. The van der Waals surface area contributed by atoms with Crippen LogP contribution in [0.1, 0.15) is 37.0 Å². The minimum atomic E-state index is 0.249. The summed E-state index contributed by atoms with van der Waals surface area (Å²) in [7, 11) is 0. The fourth-order valence-electron chi connectivity index (χ4n) is 3.06. The van der Waals surface area contributed by atoms with Crippen molar-refractivity contribution in [3.63, 3.8) is 0 Å².